The monoisotopic (exact) mass is 517 g/mol. The molecule has 0 saturated carbocycles. The van der Waals surface area contributed by atoms with Crippen molar-refractivity contribution in [2.45, 2.75) is 158 Å². The van der Waals surface area contributed by atoms with Crippen molar-refractivity contribution in [1.29, 1.82) is 0 Å². The molecule has 3 saturated heterocycles. The van der Waals surface area contributed by atoms with Crippen LogP contribution >= 0.6 is 0 Å². The molecule has 0 radical (unpaired) electrons. The standard InChI is InChI=1S/3C9H20N2.3CH4/c1-9(2,3)11-8-4-6-10-7-5-8;2*1-9(2,3)11-8-5-4-6-10-7-8;;;/h3*8,10-11H,4-7H2,1-3H3;3*1H4. The Kier molecular flexibility index (Phi) is 22.1. The van der Waals surface area contributed by atoms with Crippen molar-refractivity contribution < 1.29 is 0 Å². The van der Waals surface area contributed by atoms with Crippen molar-refractivity contribution in [2.75, 3.05) is 39.3 Å². The molecule has 3 aliphatic heterocycles. The van der Waals surface area contributed by atoms with Gasteiger partial charge in [-0.1, -0.05) is 22.3 Å². The van der Waals surface area contributed by atoms with Gasteiger partial charge in [0.2, 0.25) is 0 Å². The van der Waals surface area contributed by atoms with E-state index in [0.29, 0.717) is 12.1 Å². The first-order valence-electron chi connectivity index (χ1n) is 13.7. The maximum absolute atomic E-state index is 3.62. The van der Waals surface area contributed by atoms with Crippen molar-refractivity contribution in [3.63, 3.8) is 0 Å². The molecule has 3 aliphatic rings. The topological polar surface area (TPSA) is 72.2 Å². The maximum Gasteiger partial charge on any atom is 0.0197 e. The van der Waals surface area contributed by atoms with Crippen LogP contribution in [0, 0.1) is 0 Å². The van der Waals surface area contributed by atoms with Gasteiger partial charge in [0.05, 0.1) is 0 Å². The number of hydrogen-bond acceptors (Lipinski definition) is 6. The zero-order valence-corrected chi connectivity index (χ0v) is 23.7. The quantitative estimate of drug-likeness (QED) is 0.306. The second kappa shape index (κ2) is 19.8. The van der Waals surface area contributed by atoms with Gasteiger partial charge in [0, 0.05) is 47.8 Å². The Labute approximate surface area is 229 Å². The van der Waals surface area contributed by atoms with E-state index in [1.165, 1.54) is 64.7 Å². The molecule has 3 fully saturated rings. The molecular formula is C30H72N6. The molecule has 0 aliphatic carbocycles. The van der Waals surface area contributed by atoms with Crippen LogP contribution in [0.25, 0.3) is 0 Å². The van der Waals surface area contributed by atoms with Gasteiger partial charge in [-0.3, -0.25) is 0 Å². The summed E-state index contributed by atoms with van der Waals surface area (Å²) in [7, 11) is 0. The third-order valence-electron chi connectivity index (χ3n) is 5.84. The van der Waals surface area contributed by atoms with Crippen LogP contribution < -0.4 is 31.9 Å². The molecule has 2 atom stereocenters. The largest absolute Gasteiger partial charge is 0.317 e. The van der Waals surface area contributed by atoms with E-state index in [0.717, 1.165) is 19.1 Å². The van der Waals surface area contributed by atoms with Gasteiger partial charge in [0.25, 0.3) is 0 Å². The highest BCUT2D eigenvalue weighted by Crippen LogP contribution is 2.09. The van der Waals surface area contributed by atoms with Crippen molar-refractivity contribution in [3.05, 3.63) is 0 Å². The molecule has 0 bridgehead atoms. The van der Waals surface area contributed by atoms with Crippen LogP contribution in [0.3, 0.4) is 0 Å². The van der Waals surface area contributed by atoms with E-state index in [2.05, 4.69) is 94.2 Å². The Morgan fingerprint density at radius 1 is 0.444 bits per heavy atom. The van der Waals surface area contributed by atoms with E-state index < -0.39 is 0 Å². The predicted octanol–water partition coefficient (Wildman–Crippen LogP) is 5.29. The number of hydrogen-bond donors (Lipinski definition) is 6. The average Bonchev–Trinajstić information content (AvgIpc) is 2.67. The fourth-order valence-corrected chi connectivity index (χ4v) is 4.75. The third kappa shape index (κ3) is 24.1. The van der Waals surface area contributed by atoms with E-state index in [9.17, 15) is 0 Å². The Hall–Kier alpha value is -0.240. The summed E-state index contributed by atoms with van der Waals surface area (Å²) in [5, 5.41) is 21.0. The van der Waals surface area contributed by atoms with Crippen LogP contribution in [-0.4, -0.2) is 74.0 Å². The minimum absolute atomic E-state index is 0. The van der Waals surface area contributed by atoms with Gasteiger partial charge in [-0.05, 0) is 127 Å². The second-order valence-corrected chi connectivity index (χ2v) is 13.3. The molecule has 0 amide bonds. The molecule has 6 N–H and O–H groups in total. The summed E-state index contributed by atoms with van der Waals surface area (Å²) in [6.45, 7) is 27.1. The molecule has 2 unspecified atom stereocenters. The van der Waals surface area contributed by atoms with E-state index in [-0.39, 0.29) is 38.9 Å². The van der Waals surface area contributed by atoms with E-state index in [1.807, 2.05) is 0 Å². The summed E-state index contributed by atoms with van der Waals surface area (Å²) in [6, 6.07) is 2.10. The minimum Gasteiger partial charge on any atom is -0.317 e. The van der Waals surface area contributed by atoms with E-state index in [1.54, 1.807) is 0 Å². The fourth-order valence-electron chi connectivity index (χ4n) is 4.75. The normalized spacial score (nSPS) is 23.2. The van der Waals surface area contributed by atoms with Crippen molar-refractivity contribution in [2.24, 2.45) is 0 Å². The van der Waals surface area contributed by atoms with Crippen molar-refractivity contribution in [1.82, 2.24) is 31.9 Å². The molecule has 3 heterocycles. The Morgan fingerprint density at radius 2 is 0.778 bits per heavy atom. The highest BCUT2D eigenvalue weighted by atomic mass is 15.0. The summed E-state index contributed by atoms with van der Waals surface area (Å²) in [4.78, 5) is 0. The van der Waals surface area contributed by atoms with E-state index >= 15 is 0 Å². The summed E-state index contributed by atoms with van der Waals surface area (Å²) in [5.74, 6) is 0. The molecule has 222 valence electrons. The summed E-state index contributed by atoms with van der Waals surface area (Å²) in [6.07, 6.45) is 7.82. The third-order valence-corrected chi connectivity index (χ3v) is 5.84. The zero-order chi connectivity index (χ0) is 25.0. The average molecular weight is 517 g/mol. The first-order chi connectivity index (χ1) is 15.2. The maximum atomic E-state index is 3.62. The number of piperidine rings is 3. The molecule has 36 heavy (non-hydrogen) atoms. The predicted molar refractivity (Wildman–Crippen MR) is 167 cm³/mol. The smallest absolute Gasteiger partial charge is 0.0197 e. The van der Waals surface area contributed by atoms with Gasteiger partial charge < -0.3 is 31.9 Å². The highest BCUT2D eigenvalue weighted by molar-refractivity contribution is 4.83. The number of nitrogens with one attached hydrogen (secondary N) is 6. The Bertz CT molecular complexity index is 400. The summed E-state index contributed by atoms with van der Waals surface area (Å²) >= 11 is 0. The SMILES string of the molecule is C.C.C.CC(C)(C)NC1CCCNC1.CC(C)(C)NC1CCCNC1.CC(C)(C)NC1CCNCC1. The highest BCUT2D eigenvalue weighted by Gasteiger charge is 2.20. The van der Waals surface area contributed by atoms with E-state index in [4.69, 9.17) is 0 Å². The summed E-state index contributed by atoms with van der Waals surface area (Å²) < 4.78 is 0. The van der Waals surface area contributed by atoms with Gasteiger partial charge in [-0.2, -0.15) is 0 Å². The lowest BCUT2D eigenvalue weighted by atomic mass is 10.0. The van der Waals surface area contributed by atoms with Crippen LogP contribution in [-0.2, 0) is 0 Å². The van der Waals surface area contributed by atoms with Crippen molar-refractivity contribution in [3.8, 4) is 0 Å². The lowest BCUT2D eigenvalue weighted by Gasteiger charge is -2.31. The fraction of sp³-hybridized carbons (Fsp3) is 1.00. The van der Waals surface area contributed by atoms with Crippen molar-refractivity contribution >= 4 is 0 Å². The lowest BCUT2D eigenvalue weighted by Crippen LogP contribution is -2.50. The van der Waals surface area contributed by atoms with Gasteiger partial charge in [-0.25, -0.2) is 0 Å². The molecule has 0 aromatic carbocycles. The zero-order valence-electron chi connectivity index (χ0n) is 23.7. The van der Waals surface area contributed by atoms with Crippen LogP contribution in [0.5, 0.6) is 0 Å². The van der Waals surface area contributed by atoms with Gasteiger partial charge in [0.1, 0.15) is 0 Å². The molecule has 0 aromatic heterocycles. The molecule has 3 rings (SSSR count). The molecule has 0 spiro atoms. The molecular weight excluding hydrogens is 444 g/mol. The van der Waals surface area contributed by atoms with Crippen LogP contribution in [0.2, 0.25) is 0 Å². The van der Waals surface area contributed by atoms with Crippen LogP contribution in [0.15, 0.2) is 0 Å². The molecule has 0 aromatic rings. The van der Waals surface area contributed by atoms with Crippen LogP contribution in [0.4, 0.5) is 0 Å². The molecule has 6 heteroatoms. The number of rotatable bonds is 3. The van der Waals surface area contributed by atoms with Gasteiger partial charge in [0.15, 0.2) is 0 Å². The van der Waals surface area contributed by atoms with Gasteiger partial charge >= 0.3 is 0 Å². The Balaban J connectivity index is -0.000000436. The Morgan fingerprint density at radius 3 is 1.06 bits per heavy atom. The first kappa shape index (κ1) is 40.3. The van der Waals surface area contributed by atoms with Crippen LogP contribution in [0.1, 0.15) is 123 Å². The molecule has 6 nitrogen and oxygen atoms in total. The van der Waals surface area contributed by atoms with Gasteiger partial charge in [-0.15, -0.1) is 0 Å². The minimum atomic E-state index is 0. The lowest BCUT2D eigenvalue weighted by molar-refractivity contribution is 0.304. The second-order valence-electron chi connectivity index (χ2n) is 13.3. The first-order valence-corrected chi connectivity index (χ1v) is 13.7. The summed E-state index contributed by atoms with van der Waals surface area (Å²) in [5.41, 5.74) is 0.815.